The van der Waals surface area contributed by atoms with Gasteiger partial charge in [-0.2, -0.15) is 5.26 Å². The number of carbonyl (C=O) groups is 2. The van der Waals surface area contributed by atoms with E-state index in [2.05, 4.69) is 0 Å². The molecule has 0 aliphatic carbocycles. The van der Waals surface area contributed by atoms with E-state index in [-0.39, 0.29) is 17.9 Å². The minimum atomic E-state index is -0.586. The molecule has 0 spiro atoms. The number of amides is 2. The second kappa shape index (κ2) is 10.2. The van der Waals surface area contributed by atoms with Crippen molar-refractivity contribution in [3.63, 3.8) is 0 Å². The molecule has 35 heavy (non-hydrogen) atoms. The van der Waals surface area contributed by atoms with Gasteiger partial charge in [0.05, 0.1) is 6.54 Å². The predicted molar refractivity (Wildman–Crippen MR) is 130 cm³/mol. The van der Waals surface area contributed by atoms with Crippen LogP contribution in [0.5, 0.6) is 5.75 Å². The molecule has 1 heterocycles. The number of hydrogen-bond acceptors (Lipinski definition) is 4. The summed E-state index contributed by atoms with van der Waals surface area (Å²) >= 11 is 0. The summed E-state index contributed by atoms with van der Waals surface area (Å²) in [7, 11) is 0. The van der Waals surface area contributed by atoms with Gasteiger partial charge < -0.3 is 4.74 Å². The summed E-state index contributed by atoms with van der Waals surface area (Å²) in [6.07, 6.45) is 1.67. The number of ether oxygens (including phenoxy) is 1. The Morgan fingerprint density at radius 1 is 0.886 bits per heavy atom. The predicted octanol–water partition coefficient (Wildman–Crippen LogP) is 5.51. The average Bonchev–Trinajstić information content (AvgIpc) is 2.86. The van der Waals surface area contributed by atoms with E-state index in [1.54, 1.807) is 49.4 Å². The second-order valence-corrected chi connectivity index (χ2v) is 8.34. The summed E-state index contributed by atoms with van der Waals surface area (Å²) in [5.41, 5.74) is 4.06. The molecule has 0 radical (unpaired) electrons. The number of benzene rings is 3. The van der Waals surface area contributed by atoms with Gasteiger partial charge >= 0.3 is 0 Å². The standard InChI is InChI=1S/C29H23FN2O3/c1-19-3-5-22(6-4-19)17-32-28(33)26(20(2)27(16-31)29(32)34)15-21-9-13-25(14-10-21)35-18-23-7-11-24(30)12-8-23/h3-15H,17-18H2,1-2H3/b26-15+. The lowest BCUT2D eigenvalue weighted by atomic mass is 9.93. The first kappa shape index (κ1) is 23.7. The Hall–Kier alpha value is -4.50. The van der Waals surface area contributed by atoms with Crippen LogP contribution in [-0.4, -0.2) is 16.7 Å². The van der Waals surface area contributed by atoms with Crippen LogP contribution in [0.2, 0.25) is 0 Å². The molecule has 0 N–H and O–H groups in total. The monoisotopic (exact) mass is 466 g/mol. The van der Waals surface area contributed by atoms with E-state index in [4.69, 9.17) is 4.74 Å². The number of imide groups is 1. The zero-order chi connectivity index (χ0) is 24.9. The highest BCUT2D eigenvalue weighted by Gasteiger charge is 2.35. The van der Waals surface area contributed by atoms with E-state index in [1.165, 1.54) is 12.1 Å². The van der Waals surface area contributed by atoms with E-state index >= 15 is 0 Å². The fraction of sp³-hybridized carbons (Fsp3) is 0.138. The molecular weight excluding hydrogens is 443 g/mol. The Balaban J connectivity index is 1.55. The van der Waals surface area contributed by atoms with Crippen LogP contribution in [0, 0.1) is 24.1 Å². The van der Waals surface area contributed by atoms with Crippen LogP contribution >= 0.6 is 0 Å². The third-order valence-corrected chi connectivity index (χ3v) is 5.80. The van der Waals surface area contributed by atoms with Crippen LogP contribution in [0.3, 0.4) is 0 Å². The van der Waals surface area contributed by atoms with E-state index in [1.807, 2.05) is 37.3 Å². The van der Waals surface area contributed by atoms with Crippen molar-refractivity contribution in [2.24, 2.45) is 0 Å². The van der Waals surface area contributed by atoms with Crippen LogP contribution in [0.25, 0.3) is 6.08 Å². The number of nitrogens with zero attached hydrogens (tertiary/aromatic N) is 2. The molecule has 0 unspecified atom stereocenters. The van der Waals surface area contributed by atoms with Crippen LogP contribution in [0.15, 0.2) is 89.5 Å². The highest BCUT2D eigenvalue weighted by Crippen LogP contribution is 2.28. The molecule has 0 saturated heterocycles. The van der Waals surface area contributed by atoms with Crippen LogP contribution in [0.4, 0.5) is 4.39 Å². The number of nitriles is 1. The molecule has 0 atom stereocenters. The van der Waals surface area contributed by atoms with E-state index < -0.39 is 11.8 Å². The molecule has 6 heteroatoms. The molecule has 0 fully saturated rings. The summed E-state index contributed by atoms with van der Waals surface area (Å²) in [4.78, 5) is 27.2. The Morgan fingerprint density at radius 2 is 1.51 bits per heavy atom. The summed E-state index contributed by atoms with van der Waals surface area (Å²) < 4.78 is 18.8. The van der Waals surface area contributed by atoms with Crippen molar-refractivity contribution in [3.05, 3.63) is 118 Å². The van der Waals surface area contributed by atoms with E-state index in [9.17, 15) is 19.2 Å². The summed E-state index contributed by atoms with van der Waals surface area (Å²) in [6.45, 7) is 3.96. The first-order chi connectivity index (χ1) is 16.9. The van der Waals surface area contributed by atoms with Gasteiger partial charge in [0.25, 0.3) is 11.8 Å². The lowest BCUT2D eigenvalue weighted by Crippen LogP contribution is -2.42. The van der Waals surface area contributed by atoms with Gasteiger partial charge in [-0.3, -0.25) is 14.5 Å². The normalized spacial score (nSPS) is 14.9. The maximum absolute atomic E-state index is 13.3. The third-order valence-electron chi connectivity index (χ3n) is 5.80. The lowest BCUT2D eigenvalue weighted by molar-refractivity contribution is -0.141. The van der Waals surface area contributed by atoms with Gasteiger partial charge in [-0.1, -0.05) is 54.1 Å². The van der Waals surface area contributed by atoms with E-state index in [0.29, 0.717) is 23.5 Å². The van der Waals surface area contributed by atoms with Crippen molar-refractivity contribution in [1.82, 2.24) is 4.90 Å². The fourth-order valence-corrected chi connectivity index (χ4v) is 3.72. The largest absolute Gasteiger partial charge is 0.489 e. The maximum atomic E-state index is 13.3. The molecule has 2 amide bonds. The second-order valence-electron chi connectivity index (χ2n) is 8.34. The molecule has 5 nitrogen and oxygen atoms in total. The third kappa shape index (κ3) is 5.36. The zero-order valence-electron chi connectivity index (χ0n) is 19.4. The molecule has 0 saturated carbocycles. The van der Waals surface area contributed by atoms with Crippen molar-refractivity contribution in [1.29, 1.82) is 5.26 Å². The molecular formula is C29H23FN2O3. The number of halogens is 1. The Morgan fingerprint density at radius 3 is 2.14 bits per heavy atom. The first-order valence-corrected chi connectivity index (χ1v) is 11.1. The number of hydrogen-bond donors (Lipinski definition) is 0. The van der Waals surface area contributed by atoms with Gasteiger partial charge in [0, 0.05) is 5.57 Å². The van der Waals surface area contributed by atoms with Gasteiger partial charge in [0.2, 0.25) is 0 Å². The van der Waals surface area contributed by atoms with Crippen LogP contribution < -0.4 is 4.74 Å². The fourth-order valence-electron chi connectivity index (χ4n) is 3.72. The smallest absolute Gasteiger partial charge is 0.271 e. The highest BCUT2D eigenvalue weighted by molar-refractivity contribution is 6.19. The quantitative estimate of drug-likeness (QED) is 0.355. The Bertz CT molecular complexity index is 1360. The zero-order valence-corrected chi connectivity index (χ0v) is 19.4. The van der Waals surface area contributed by atoms with Gasteiger partial charge in [0.15, 0.2) is 0 Å². The average molecular weight is 467 g/mol. The van der Waals surface area contributed by atoms with Gasteiger partial charge in [-0.15, -0.1) is 0 Å². The van der Waals surface area contributed by atoms with Gasteiger partial charge in [-0.25, -0.2) is 4.39 Å². The number of rotatable bonds is 6. The van der Waals surface area contributed by atoms with Gasteiger partial charge in [-0.05, 0) is 66.5 Å². The van der Waals surface area contributed by atoms with E-state index in [0.717, 1.165) is 27.2 Å². The molecule has 1 aliphatic rings. The van der Waals surface area contributed by atoms with Crippen LogP contribution in [-0.2, 0) is 22.7 Å². The van der Waals surface area contributed by atoms with Crippen molar-refractivity contribution >= 4 is 17.9 Å². The number of carbonyl (C=O) groups excluding carboxylic acids is 2. The minimum Gasteiger partial charge on any atom is -0.489 e. The van der Waals surface area contributed by atoms with Crippen molar-refractivity contribution in [2.45, 2.75) is 27.0 Å². The van der Waals surface area contributed by atoms with Gasteiger partial charge in [0.1, 0.15) is 29.8 Å². The molecule has 174 valence electrons. The maximum Gasteiger partial charge on any atom is 0.271 e. The summed E-state index contributed by atoms with van der Waals surface area (Å²) in [5, 5.41) is 9.60. The first-order valence-electron chi connectivity index (χ1n) is 11.1. The Kier molecular flexibility index (Phi) is 6.88. The van der Waals surface area contributed by atoms with Crippen molar-refractivity contribution in [2.75, 3.05) is 0 Å². The molecule has 4 rings (SSSR count). The SMILES string of the molecule is CC1=C(C#N)C(=O)N(Cc2ccc(C)cc2)C(=O)/C1=C/c1ccc(OCc2ccc(F)cc2)cc1. The minimum absolute atomic E-state index is 0.0396. The van der Waals surface area contributed by atoms with Crippen molar-refractivity contribution in [3.8, 4) is 11.8 Å². The van der Waals surface area contributed by atoms with Crippen LogP contribution in [0.1, 0.15) is 29.2 Å². The molecule has 3 aromatic carbocycles. The topological polar surface area (TPSA) is 70.4 Å². The molecule has 1 aliphatic heterocycles. The summed E-state index contributed by atoms with van der Waals surface area (Å²) in [5.74, 6) is -0.708. The molecule has 0 bridgehead atoms. The molecule has 3 aromatic rings. The number of aryl methyl sites for hydroxylation is 1. The van der Waals surface area contributed by atoms with Crippen molar-refractivity contribution < 1.29 is 18.7 Å². The lowest BCUT2D eigenvalue weighted by Gasteiger charge is -2.27. The molecule has 0 aromatic heterocycles. The summed E-state index contributed by atoms with van der Waals surface area (Å²) in [6, 6.07) is 22.7. The Labute approximate surface area is 203 Å². The highest BCUT2D eigenvalue weighted by atomic mass is 19.1.